The number of benzene rings is 1. The second-order valence-electron chi connectivity index (χ2n) is 6.37. The van der Waals surface area contributed by atoms with Crippen LogP contribution >= 0.6 is 0 Å². The molecule has 2 aliphatic rings. The molecule has 1 aromatic rings. The molecule has 0 amide bonds. The Kier molecular flexibility index (Phi) is 3.74. The maximum absolute atomic E-state index is 13.2. The van der Waals surface area contributed by atoms with E-state index >= 15 is 0 Å². The molecule has 7 heteroatoms. The van der Waals surface area contributed by atoms with Crippen molar-refractivity contribution < 1.29 is 17.9 Å². The van der Waals surface area contributed by atoms with E-state index in [0.29, 0.717) is 12.6 Å². The van der Waals surface area contributed by atoms with E-state index in [1.807, 2.05) is 7.05 Å². The van der Waals surface area contributed by atoms with Gasteiger partial charge in [0.2, 0.25) is 5.90 Å². The minimum atomic E-state index is -1.48. The summed E-state index contributed by atoms with van der Waals surface area (Å²) < 4.78 is 44.8. The van der Waals surface area contributed by atoms with E-state index in [4.69, 9.17) is 4.74 Å². The van der Waals surface area contributed by atoms with Crippen LogP contribution in [-0.2, 0) is 11.3 Å². The van der Waals surface area contributed by atoms with Gasteiger partial charge in [-0.2, -0.15) is 0 Å². The lowest BCUT2D eigenvalue weighted by Gasteiger charge is -2.28. The van der Waals surface area contributed by atoms with Crippen molar-refractivity contribution in [1.82, 2.24) is 9.80 Å². The topological polar surface area (TPSA) is 28.1 Å². The van der Waals surface area contributed by atoms with Crippen molar-refractivity contribution in [3.8, 4) is 0 Å². The lowest BCUT2D eigenvalue weighted by atomic mass is 10.1. The van der Waals surface area contributed by atoms with E-state index < -0.39 is 17.5 Å². The molecule has 2 heterocycles. The SMILES string of the molecule is CN1C2=CC(OCc3cc(F)c(F)c(F)c3)=NCN2CC1(C)C. The number of hydrogen-bond donors (Lipinski definition) is 0. The van der Waals surface area contributed by atoms with Gasteiger partial charge in [-0.25, -0.2) is 18.2 Å². The Morgan fingerprint density at radius 1 is 1.22 bits per heavy atom. The molecule has 0 unspecified atom stereocenters. The first-order valence-corrected chi connectivity index (χ1v) is 7.29. The number of ether oxygens (including phenoxy) is 1. The van der Waals surface area contributed by atoms with Crippen LogP contribution in [0.4, 0.5) is 13.2 Å². The molecule has 0 spiro atoms. The third-order valence-corrected chi connectivity index (χ3v) is 4.23. The van der Waals surface area contributed by atoms with Crippen LogP contribution in [0, 0.1) is 17.5 Å². The molecule has 0 N–H and O–H groups in total. The van der Waals surface area contributed by atoms with Gasteiger partial charge in [-0.3, -0.25) is 0 Å². The van der Waals surface area contributed by atoms with Crippen LogP contribution in [0.15, 0.2) is 29.0 Å². The Morgan fingerprint density at radius 3 is 2.52 bits per heavy atom. The highest BCUT2D eigenvalue weighted by atomic mass is 19.2. The zero-order valence-electron chi connectivity index (χ0n) is 13.2. The predicted octanol–water partition coefficient (Wildman–Crippen LogP) is 2.86. The lowest BCUT2D eigenvalue weighted by molar-refractivity contribution is 0.261. The van der Waals surface area contributed by atoms with Crippen LogP contribution in [0.2, 0.25) is 0 Å². The number of hydrogen-bond acceptors (Lipinski definition) is 4. The van der Waals surface area contributed by atoms with Gasteiger partial charge in [-0.1, -0.05) is 0 Å². The molecule has 0 aromatic heterocycles. The first-order chi connectivity index (χ1) is 10.8. The second-order valence-corrected chi connectivity index (χ2v) is 6.37. The quantitative estimate of drug-likeness (QED) is 0.783. The second kappa shape index (κ2) is 5.47. The van der Waals surface area contributed by atoms with E-state index in [1.165, 1.54) is 0 Å². The predicted molar refractivity (Wildman–Crippen MR) is 80.0 cm³/mol. The number of aliphatic imine (C=N–C) groups is 1. The molecule has 124 valence electrons. The fourth-order valence-corrected chi connectivity index (χ4v) is 2.73. The average molecular weight is 325 g/mol. The van der Waals surface area contributed by atoms with Crippen LogP contribution in [-0.4, -0.2) is 41.5 Å². The summed E-state index contributed by atoms with van der Waals surface area (Å²) >= 11 is 0. The summed E-state index contributed by atoms with van der Waals surface area (Å²) in [4.78, 5) is 8.58. The molecule has 4 nitrogen and oxygen atoms in total. The number of nitrogens with zero attached hydrogens (tertiary/aromatic N) is 3. The van der Waals surface area contributed by atoms with Crippen molar-refractivity contribution in [2.45, 2.75) is 26.0 Å². The smallest absolute Gasteiger partial charge is 0.214 e. The van der Waals surface area contributed by atoms with E-state index in [0.717, 1.165) is 24.5 Å². The van der Waals surface area contributed by atoms with E-state index in [2.05, 4.69) is 28.6 Å². The van der Waals surface area contributed by atoms with Gasteiger partial charge in [-0.15, -0.1) is 0 Å². The maximum atomic E-state index is 13.2. The number of likely N-dealkylation sites (N-methyl/N-ethyl adjacent to an activating group) is 1. The highest BCUT2D eigenvalue weighted by Crippen LogP contribution is 2.31. The normalized spacial score (nSPS) is 19.4. The Hall–Kier alpha value is -2.18. The van der Waals surface area contributed by atoms with Gasteiger partial charge in [0.05, 0.1) is 5.54 Å². The third-order valence-electron chi connectivity index (χ3n) is 4.23. The Balaban J connectivity index is 1.71. The molecule has 0 bridgehead atoms. The molecular weight excluding hydrogens is 307 g/mol. The average Bonchev–Trinajstić information content (AvgIpc) is 2.72. The van der Waals surface area contributed by atoms with Gasteiger partial charge in [0.1, 0.15) is 19.1 Å². The van der Waals surface area contributed by atoms with Crippen molar-refractivity contribution in [3.05, 3.63) is 47.0 Å². The monoisotopic (exact) mass is 325 g/mol. The van der Waals surface area contributed by atoms with Crippen molar-refractivity contribution in [3.63, 3.8) is 0 Å². The minimum absolute atomic E-state index is 0.0000173. The maximum Gasteiger partial charge on any atom is 0.214 e. The molecule has 3 rings (SSSR count). The van der Waals surface area contributed by atoms with Gasteiger partial charge < -0.3 is 14.5 Å². The van der Waals surface area contributed by atoms with E-state index in [1.54, 1.807) is 6.08 Å². The van der Waals surface area contributed by atoms with E-state index in [-0.39, 0.29) is 17.7 Å². The highest BCUT2D eigenvalue weighted by molar-refractivity contribution is 5.89. The summed E-state index contributed by atoms with van der Waals surface area (Å²) in [5, 5.41) is 0. The third kappa shape index (κ3) is 2.87. The first kappa shape index (κ1) is 15.7. The minimum Gasteiger partial charge on any atom is -0.473 e. The van der Waals surface area contributed by atoms with Gasteiger partial charge in [0, 0.05) is 19.7 Å². The summed E-state index contributed by atoms with van der Waals surface area (Å²) in [5.74, 6) is -2.54. The van der Waals surface area contributed by atoms with Crippen LogP contribution in [0.5, 0.6) is 0 Å². The molecule has 0 radical (unpaired) electrons. The van der Waals surface area contributed by atoms with Gasteiger partial charge in [0.15, 0.2) is 17.5 Å². The molecule has 1 fully saturated rings. The molecule has 2 aliphatic heterocycles. The molecule has 1 saturated heterocycles. The molecule has 0 saturated carbocycles. The largest absolute Gasteiger partial charge is 0.473 e. The fraction of sp³-hybridized carbons (Fsp3) is 0.438. The Bertz CT molecular complexity index is 677. The van der Waals surface area contributed by atoms with Crippen molar-refractivity contribution in [1.29, 1.82) is 0 Å². The molecular formula is C16H18F3N3O. The van der Waals surface area contributed by atoms with Gasteiger partial charge in [-0.05, 0) is 31.5 Å². The molecule has 0 atom stereocenters. The zero-order chi connectivity index (χ0) is 16.8. The standard InChI is InChI=1S/C16H18F3N3O/c1-16(2)8-22-9-20-13(6-14(22)21(16)3)23-7-10-4-11(17)15(19)12(18)5-10/h4-6H,7-9H2,1-3H3. The van der Waals surface area contributed by atoms with Gasteiger partial charge >= 0.3 is 0 Å². The number of halogens is 3. The van der Waals surface area contributed by atoms with Gasteiger partial charge in [0.25, 0.3) is 0 Å². The van der Waals surface area contributed by atoms with Crippen LogP contribution in [0.3, 0.4) is 0 Å². The summed E-state index contributed by atoms with van der Waals surface area (Å²) in [6, 6.07) is 1.85. The fourth-order valence-electron chi connectivity index (χ4n) is 2.73. The molecule has 1 aromatic carbocycles. The summed E-state index contributed by atoms with van der Waals surface area (Å²) in [6.07, 6.45) is 1.80. The summed E-state index contributed by atoms with van der Waals surface area (Å²) in [7, 11) is 2.00. The zero-order valence-corrected chi connectivity index (χ0v) is 13.2. The van der Waals surface area contributed by atoms with Crippen molar-refractivity contribution >= 4 is 5.90 Å². The lowest BCUT2D eigenvalue weighted by Crippen LogP contribution is -2.36. The van der Waals surface area contributed by atoms with Crippen LogP contribution < -0.4 is 0 Å². The van der Waals surface area contributed by atoms with E-state index in [9.17, 15) is 13.2 Å². The summed E-state index contributed by atoms with van der Waals surface area (Å²) in [5.41, 5.74) is 0.213. The Labute approximate surface area is 132 Å². The number of fused-ring (bicyclic) bond motifs is 1. The number of rotatable bonds is 2. The highest BCUT2D eigenvalue weighted by Gasteiger charge is 2.38. The van der Waals surface area contributed by atoms with Crippen molar-refractivity contribution in [2.24, 2.45) is 4.99 Å². The first-order valence-electron chi connectivity index (χ1n) is 7.29. The Morgan fingerprint density at radius 2 is 1.87 bits per heavy atom. The summed E-state index contributed by atoms with van der Waals surface area (Å²) in [6.45, 7) is 5.53. The molecule has 0 aliphatic carbocycles. The van der Waals surface area contributed by atoms with Crippen molar-refractivity contribution in [2.75, 3.05) is 20.3 Å². The van der Waals surface area contributed by atoms with Crippen LogP contribution in [0.1, 0.15) is 19.4 Å². The van der Waals surface area contributed by atoms with Crippen LogP contribution in [0.25, 0.3) is 0 Å². The molecule has 23 heavy (non-hydrogen) atoms.